The largest absolute Gasteiger partial charge is 0.495 e. The second kappa shape index (κ2) is 9.43. The molecule has 0 spiro atoms. The van der Waals surface area contributed by atoms with Gasteiger partial charge in [0.1, 0.15) is 22.2 Å². The van der Waals surface area contributed by atoms with Crippen LogP contribution in [0.1, 0.15) is 43.0 Å². The summed E-state index contributed by atoms with van der Waals surface area (Å²) in [5, 5.41) is 25.4. The van der Waals surface area contributed by atoms with Gasteiger partial charge < -0.3 is 20.3 Å². The van der Waals surface area contributed by atoms with Crippen LogP contribution in [0.25, 0.3) is 20.3 Å². The van der Waals surface area contributed by atoms with Crippen molar-refractivity contribution >= 4 is 49.1 Å². The molecule has 0 unspecified atom stereocenters. The molecular formula is C25H26ClN3O3S. The number of aliphatic hydroxyl groups is 2. The maximum Gasteiger partial charge on any atom is 0.154 e. The summed E-state index contributed by atoms with van der Waals surface area (Å²) in [5.74, 6) is 2.45. The van der Waals surface area contributed by atoms with Crippen molar-refractivity contribution in [3.05, 3.63) is 58.9 Å². The Morgan fingerprint density at radius 1 is 1.12 bits per heavy atom. The van der Waals surface area contributed by atoms with Gasteiger partial charge in [-0.3, -0.25) is 0 Å². The number of nitrogens with zero attached hydrogens (tertiary/aromatic N) is 2. The Morgan fingerprint density at radius 2 is 1.91 bits per heavy atom. The summed E-state index contributed by atoms with van der Waals surface area (Å²) in [6.45, 7) is 0.572. The summed E-state index contributed by atoms with van der Waals surface area (Å²) in [6.07, 6.45) is 2.00. The molecule has 2 heterocycles. The van der Waals surface area contributed by atoms with E-state index in [2.05, 4.69) is 17.4 Å². The maximum atomic E-state index is 9.53. The van der Waals surface area contributed by atoms with Crippen molar-refractivity contribution in [2.45, 2.75) is 44.4 Å². The lowest BCUT2D eigenvalue weighted by molar-refractivity contribution is -0.0939. The summed E-state index contributed by atoms with van der Waals surface area (Å²) in [6, 6.07) is 14.1. The van der Waals surface area contributed by atoms with E-state index in [0.29, 0.717) is 17.3 Å². The summed E-state index contributed by atoms with van der Waals surface area (Å²) < 4.78 is 6.44. The molecule has 3 N–H and O–H groups in total. The first kappa shape index (κ1) is 22.3. The van der Waals surface area contributed by atoms with E-state index in [1.807, 2.05) is 30.3 Å². The minimum atomic E-state index is -1.24. The van der Waals surface area contributed by atoms with E-state index in [1.54, 1.807) is 18.4 Å². The van der Waals surface area contributed by atoms with Crippen LogP contribution in [0, 0.1) is 5.92 Å². The van der Waals surface area contributed by atoms with Crippen LogP contribution in [0.15, 0.2) is 42.5 Å². The summed E-state index contributed by atoms with van der Waals surface area (Å²) in [4.78, 5) is 10.9. The normalized spacial score (nSPS) is 18.8. The number of methoxy groups -OCH3 is 1. The van der Waals surface area contributed by atoms with E-state index < -0.39 is 6.29 Å². The van der Waals surface area contributed by atoms with Gasteiger partial charge in [0.2, 0.25) is 0 Å². The highest BCUT2D eigenvalue weighted by Crippen LogP contribution is 2.40. The molecule has 1 aliphatic rings. The minimum absolute atomic E-state index is 0.0632. The molecule has 33 heavy (non-hydrogen) atoms. The fraction of sp³-hybridized carbons (Fsp3) is 0.360. The summed E-state index contributed by atoms with van der Waals surface area (Å²) in [5.41, 5.74) is 1.03. The number of rotatable bonds is 6. The number of fused-ring (bicyclic) bond motifs is 3. The molecule has 2 aromatic heterocycles. The van der Waals surface area contributed by atoms with Crippen molar-refractivity contribution in [1.82, 2.24) is 9.97 Å². The number of hydrogen-bond acceptors (Lipinski definition) is 7. The van der Waals surface area contributed by atoms with Crippen molar-refractivity contribution < 1.29 is 14.9 Å². The molecule has 0 radical (unpaired) electrons. The molecule has 0 aliphatic heterocycles. The van der Waals surface area contributed by atoms with Gasteiger partial charge in [-0.05, 0) is 49.4 Å². The molecule has 0 amide bonds. The van der Waals surface area contributed by atoms with Crippen molar-refractivity contribution in [1.29, 1.82) is 0 Å². The molecule has 0 atom stereocenters. The number of ether oxygens (including phenoxy) is 1. The standard InChI is InChI=1S/C25H26ClN3O3S/c1-32-19-11-6-14(12-18(19)26)13-27-23-21-17-4-2-3-5-20(17)33-24(21)29-22(28-23)15-7-9-16(10-8-15)25(30)31/h2-6,11-12,15-16,25,30-31H,7-10,13H2,1H3,(H,27,28,29)/t15-,16-. The van der Waals surface area contributed by atoms with Crippen LogP contribution in [0.5, 0.6) is 5.75 Å². The molecule has 4 aromatic rings. The zero-order chi connectivity index (χ0) is 22.9. The first-order valence-corrected chi connectivity index (χ1v) is 12.3. The van der Waals surface area contributed by atoms with Gasteiger partial charge in [0.25, 0.3) is 0 Å². The topological polar surface area (TPSA) is 87.5 Å². The average Bonchev–Trinajstić information content (AvgIpc) is 3.21. The van der Waals surface area contributed by atoms with Crippen LogP contribution < -0.4 is 10.1 Å². The Labute approximate surface area is 201 Å². The van der Waals surface area contributed by atoms with E-state index in [-0.39, 0.29) is 11.8 Å². The van der Waals surface area contributed by atoms with Gasteiger partial charge in [-0.2, -0.15) is 0 Å². The number of aliphatic hydroxyl groups excluding tert-OH is 1. The van der Waals surface area contributed by atoms with E-state index >= 15 is 0 Å². The third-order valence-electron chi connectivity index (χ3n) is 6.49. The number of benzene rings is 2. The van der Waals surface area contributed by atoms with Gasteiger partial charge in [0.15, 0.2) is 6.29 Å². The van der Waals surface area contributed by atoms with Gasteiger partial charge in [-0.1, -0.05) is 35.9 Å². The first-order valence-electron chi connectivity index (χ1n) is 11.1. The number of aromatic nitrogens is 2. The molecular weight excluding hydrogens is 458 g/mol. The van der Waals surface area contributed by atoms with E-state index in [1.165, 1.54) is 4.70 Å². The molecule has 1 fully saturated rings. The Bertz CT molecular complexity index is 1280. The second-order valence-electron chi connectivity index (χ2n) is 8.56. The molecule has 6 nitrogen and oxygen atoms in total. The molecule has 172 valence electrons. The number of anilines is 1. The number of thiophene rings is 1. The third-order valence-corrected chi connectivity index (χ3v) is 7.85. The van der Waals surface area contributed by atoms with Crippen LogP contribution >= 0.6 is 22.9 Å². The van der Waals surface area contributed by atoms with Crippen LogP contribution in [-0.2, 0) is 6.54 Å². The fourth-order valence-electron chi connectivity index (χ4n) is 4.63. The minimum Gasteiger partial charge on any atom is -0.495 e. The highest BCUT2D eigenvalue weighted by Gasteiger charge is 2.28. The monoisotopic (exact) mass is 483 g/mol. The summed E-state index contributed by atoms with van der Waals surface area (Å²) >= 11 is 8.00. The molecule has 8 heteroatoms. The van der Waals surface area contributed by atoms with Gasteiger partial charge in [0, 0.05) is 28.5 Å². The molecule has 0 bridgehead atoms. The van der Waals surface area contributed by atoms with Crippen LogP contribution in [0.3, 0.4) is 0 Å². The lowest BCUT2D eigenvalue weighted by Crippen LogP contribution is -2.25. The van der Waals surface area contributed by atoms with Crippen molar-refractivity contribution in [2.24, 2.45) is 5.92 Å². The van der Waals surface area contributed by atoms with E-state index in [9.17, 15) is 10.2 Å². The third kappa shape index (κ3) is 4.51. The van der Waals surface area contributed by atoms with Crippen molar-refractivity contribution in [3.8, 4) is 5.75 Å². The van der Waals surface area contributed by atoms with Crippen LogP contribution in [0.4, 0.5) is 5.82 Å². The molecule has 5 rings (SSSR count). The van der Waals surface area contributed by atoms with Crippen molar-refractivity contribution in [2.75, 3.05) is 12.4 Å². The van der Waals surface area contributed by atoms with Gasteiger partial charge in [-0.25, -0.2) is 9.97 Å². The quantitative estimate of drug-likeness (QED) is 0.305. The molecule has 1 saturated carbocycles. The SMILES string of the molecule is COc1ccc(CNc2nc([C@H]3CC[C@H](C(O)O)CC3)nc3sc4ccccc4c23)cc1Cl. The predicted molar refractivity (Wildman–Crippen MR) is 133 cm³/mol. The number of halogens is 1. The smallest absolute Gasteiger partial charge is 0.154 e. The maximum absolute atomic E-state index is 9.53. The van der Waals surface area contributed by atoms with E-state index in [4.69, 9.17) is 26.3 Å². The Kier molecular flexibility index (Phi) is 6.38. The number of nitrogens with one attached hydrogen (secondary N) is 1. The predicted octanol–water partition coefficient (Wildman–Crippen LogP) is 5.70. The van der Waals surface area contributed by atoms with Gasteiger partial charge >= 0.3 is 0 Å². The highest BCUT2D eigenvalue weighted by molar-refractivity contribution is 7.25. The highest BCUT2D eigenvalue weighted by atomic mass is 35.5. The van der Waals surface area contributed by atoms with Gasteiger partial charge in [-0.15, -0.1) is 11.3 Å². The van der Waals surface area contributed by atoms with Gasteiger partial charge in [0.05, 0.1) is 17.5 Å². The van der Waals surface area contributed by atoms with Crippen LogP contribution in [0.2, 0.25) is 5.02 Å². The first-order chi connectivity index (χ1) is 16.0. The zero-order valence-corrected chi connectivity index (χ0v) is 19.9. The Balaban J connectivity index is 1.49. The van der Waals surface area contributed by atoms with E-state index in [0.717, 1.165) is 58.5 Å². The lowest BCUT2D eigenvalue weighted by atomic mass is 9.81. The molecule has 0 saturated heterocycles. The second-order valence-corrected chi connectivity index (χ2v) is 9.99. The lowest BCUT2D eigenvalue weighted by Gasteiger charge is -2.28. The molecule has 2 aromatic carbocycles. The summed E-state index contributed by atoms with van der Waals surface area (Å²) in [7, 11) is 1.61. The van der Waals surface area contributed by atoms with Crippen LogP contribution in [-0.4, -0.2) is 33.6 Å². The Morgan fingerprint density at radius 3 is 2.64 bits per heavy atom. The number of hydrogen-bond donors (Lipinski definition) is 3. The Hall–Kier alpha value is -2.45. The van der Waals surface area contributed by atoms with Crippen molar-refractivity contribution in [3.63, 3.8) is 0 Å². The molecule has 1 aliphatic carbocycles. The zero-order valence-electron chi connectivity index (χ0n) is 18.3. The fourth-order valence-corrected chi connectivity index (χ4v) is 5.99. The average molecular weight is 484 g/mol.